The first-order valence-electron chi connectivity index (χ1n) is 8.51. The molecule has 124 valence electrons. The third-order valence-electron chi connectivity index (χ3n) is 5.19. The molecule has 21 heavy (non-hydrogen) atoms. The maximum atomic E-state index is 12.6. The molecule has 0 spiro atoms. The van der Waals surface area contributed by atoms with Crippen LogP contribution in [0.5, 0.6) is 0 Å². The fraction of sp³-hybridized carbons (Fsp3) is 1.00. The van der Waals surface area contributed by atoms with E-state index >= 15 is 0 Å². The van der Waals surface area contributed by atoms with Crippen LogP contribution in [0.4, 0.5) is 13.2 Å². The summed E-state index contributed by atoms with van der Waals surface area (Å²) in [7, 11) is 0. The van der Waals surface area contributed by atoms with Crippen LogP contribution in [-0.2, 0) is 0 Å². The van der Waals surface area contributed by atoms with Crippen LogP contribution in [-0.4, -0.2) is 42.8 Å². The van der Waals surface area contributed by atoms with Crippen LogP contribution >= 0.6 is 0 Å². The molecule has 1 saturated heterocycles. The van der Waals surface area contributed by atoms with Crippen molar-refractivity contribution in [1.29, 1.82) is 0 Å². The van der Waals surface area contributed by atoms with E-state index in [1.54, 1.807) is 0 Å². The van der Waals surface area contributed by atoms with Crippen molar-refractivity contribution in [1.82, 2.24) is 10.2 Å². The van der Waals surface area contributed by atoms with Crippen LogP contribution in [0.3, 0.4) is 0 Å². The number of hydrogen-bond acceptors (Lipinski definition) is 2. The lowest BCUT2D eigenvalue weighted by Crippen LogP contribution is -2.40. The van der Waals surface area contributed by atoms with Gasteiger partial charge in [0.05, 0.1) is 5.92 Å². The third kappa shape index (κ3) is 5.44. The number of rotatable bonds is 5. The zero-order chi connectivity index (χ0) is 15.3. The molecule has 0 radical (unpaired) electrons. The second-order valence-electron chi connectivity index (χ2n) is 6.78. The molecule has 0 aromatic rings. The molecular formula is C16H29F3N2. The predicted octanol–water partition coefficient (Wildman–Crippen LogP) is 3.96. The molecule has 1 heterocycles. The molecule has 1 atom stereocenters. The van der Waals surface area contributed by atoms with Crippen molar-refractivity contribution in [3.05, 3.63) is 0 Å². The SMILES string of the molecule is CC1CCCCN1CCCNC1CCC(C(F)(F)F)CC1. The second-order valence-corrected chi connectivity index (χ2v) is 6.78. The first kappa shape index (κ1) is 17.1. The number of halogens is 3. The second kappa shape index (κ2) is 7.82. The van der Waals surface area contributed by atoms with Crippen LogP contribution in [0, 0.1) is 5.92 Å². The highest BCUT2D eigenvalue weighted by Gasteiger charge is 2.41. The number of hydrogen-bond donors (Lipinski definition) is 1. The Balaban J connectivity index is 1.56. The summed E-state index contributed by atoms with van der Waals surface area (Å²) >= 11 is 0. The highest BCUT2D eigenvalue weighted by Crippen LogP contribution is 2.37. The van der Waals surface area contributed by atoms with Gasteiger partial charge in [-0.15, -0.1) is 0 Å². The van der Waals surface area contributed by atoms with Crippen LogP contribution in [0.1, 0.15) is 58.3 Å². The van der Waals surface area contributed by atoms with Gasteiger partial charge in [-0.05, 0) is 71.5 Å². The number of nitrogens with zero attached hydrogens (tertiary/aromatic N) is 1. The molecule has 1 aliphatic carbocycles. The van der Waals surface area contributed by atoms with Gasteiger partial charge in [-0.2, -0.15) is 13.2 Å². The molecule has 0 aromatic heterocycles. The minimum atomic E-state index is -3.99. The Hall–Kier alpha value is -0.290. The molecule has 1 saturated carbocycles. The molecule has 2 fully saturated rings. The van der Waals surface area contributed by atoms with Gasteiger partial charge >= 0.3 is 6.18 Å². The Kier molecular flexibility index (Phi) is 6.35. The largest absolute Gasteiger partial charge is 0.391 e. The molecule has 0 aromatic carbocycles. The van der Waals surface area contributed by atoms with E-state index in [0.717, 1.165) is 19.5 Å². The molecule has 2 rings (SSSR count). The molecule has 1 unspecified atom stereocenters. The van der Waals surface area contributed by atoms with E-state index in [4.69, 9.17) is 0 Å². The van der Waals surface area contributed by atoms with Crippen molar-refractivity contribution in [2.24, 2.45) is 5.92 Å². The van der Waals surface area contributed by atoms with Crippen molar-refractivity contribution < 1.29 is 13.2 Å². The Morgan fingerprint density at radius 1 is 1.05 bits per heavy atom. The van der Waals surface area contributed by atoms with Crippen molar-refractivity contribution in [2.45, 2.75) is 76.6 Å². The van der Waals surface area contributed by atoms with E-state index < -0.39 is 12.1 Å². The zero-order valence-electron chi connectivity index (χ0n) is 13.1. The van der Waals surface area contributed by atoms with Crippen molar-refractivity contribution in [2.75, 3.05) is 19.6 Å². The summed E-state index contributed by atoms with van der Waals surface area (Å²) in [5, 5.41) is 3.45. The third-order valence-corrected chi connectivity index (χ3v) is 5.19. The average Bonchev–Trinajstić information content (AvgIpc) is 2.45. The smallest absolute Gasteiger partial charge is 0.314 e. The Labute approximate surface area is 126 Å². The number of alkyl halides is 3. The van der Waals surface area contributed by atoms with Gasteiger partial charge in [-0.3, -0.25) is 0 Å². The first-order valence-corrected chi connectivity index (χ1v) is 8.51. The van der Waals surface area contributed by atoms with Crippen LogP contribution in [0.2, 0.25) is 0 Å². The lowest BCUT2D eigenvalue weighted by molar-refractivity contribution is -0.182. The fourth-order valence-corrected chi connectivity index (χ4v) is 3.70. The number of nitrogens with one attached hydrogen (secondary N) is 1. The fourth-order valence-electron chi connectivity index (χ4n) is 3.70. The zero-order valence-corrected chi connectivity index (χ0v) is 13.1. The van der Waals surface area contributed by atoms with Crippen LogP contribution in [0.15, 0.2) is 0 Å². The molecular weight excluding hydrogens is 277 g/mol. The summed E-state index contributed by atoms with van der Waals surface area (Å²) in [6.07, 6.45) is 2.99. The first-order chi connectivity index (χ1) is 9.97. The molecule has 1 N–H and O–H groups in total. The van der Waals surface area contributed by atoms with E-state index in [-0.39, 0.29) is 0 Å². The van der Waals surface area contributed by atoms with E-state index in [9.17, 15) is 13.2 Å². The molecule has 5 heteroatoms. The van der Waals surface area contributed by atoms with Gasteiger partial charge in [0.25, 0.3) is 0 Å². The molecule has 0 amide bonds. The minimum Gasteiger partial charge on any atom is -0.314 e. The standard InChI is InChI=1S/C16H29F3N2/c1-13-5-2-3-11-21(13)12-4-10-20-15-8-6-14(7-9-15)16(17,18)19/h13-15,20H,2-12H2,1H3. The monoisotopic (exact) mass is 306 g/mol. The summed E-state index contributed by atoms with van der Waals surface area (Å²) in [5.41, 5.74) is 0. The van der Waals surface area contributed by atoms with Crippen molar-refractivity contribution in [3.8, 4) is 0 Å². The van der Waals surface area contributed by atoms with Gasteiger partial charge < -0.3 is 10.2 Å². The van der Waals surface area contributed by atoms with Crippen LogP contribution < -0.4 is 5.32 Å². The predicted molar refractivity (Wildman–Crippen MR) is 79.3 cm³/mol. The van der Waals surface area contributed by atoms with Gasteiger partial charge in [0.15, 0.2) is 0 Å². The van der Waals surface area contributed by atoms with Crippen molar-refractivity contribution in [3.63, 3.8) is 0 Å². The Bertz CT molecular complexity index is 298. The van der Waals surface area contributed by atoms with Crippen molar-refractivity contribution >= 4 is 0 Å². The van der Waals surface area contributed by atoms with Crippen LogP contribution in [0.25, 0.3) is 0 Å². The van der Waals surface area contributed by atoms with Gasteiger partial charge in [0.1, 0.15) is 0 Å². The average molecular weight is 306 g/mol. The summed E-state index contributed by atoms with van der Waals surface area (Å²) in [4.78, 5) is 2.55. The van der Waals surface area contributed by atoms with Gasteiger partial charge in [0.2, 0.25) is 0 Å². The highest BCUT2D eigenvalue weighted by atomic mass is 19.4. The van der Waals surface area contributed by atoms with E-state index in [2.05, 4.69) is 17.1 Å². The van der Waals surface area contributed by atoms with Gasteiger partial charge in [-0.1, -0.05) is 6.42 Å². The van der Waals surface area contributed by atoms with E-state index in [1.807, 2.05) is 0 Å². The maximum absolute atomic E-state index is 12.6. The maximum Gasteiger partial charge on any atom is 0.391 e. The highest BCUT2D eigenvalue weighted by molar-refractivity contribution is 4.81. The van der Waals surface area contributed by atoms with E-state index in [0.29, 0.717) is 37.8 Å². The summed E-state index contributed by atoms with van der Waals surface area (Å²) in [6, 6.07) is 0.989. The van der Waals surface area contributed by atoms with E-state index in [1.165, 1.54) is 25.8 Å². The summed E-state index contributed by atoms with van der Waals surface area (Å²) < 4.78 is 37.8. The molecule has 2 aliphatic rings. The quantitative estimate of drug-likeness (QED) is 0.773. The Morgan fingerprint density at radius 2 is 1.76 bits per heavy atom. The number of likely N-dealkylation sites (tertiary alicyclic amines) is 1. The molecule has 0 bridgehead atoms. The molecule has 1 aliphatic heterocycles. The normalized spacial score (nSPS) is 32.3. The van der Waals surface area contributed by atoms with Gasteiger partial charge in [0, 0.05) is 12.1 Å². The topological polar surface area (TPSA) is 15.3 Å². The molecule has 2 nitrogen and oxygen atoms in total. The Morgan fingerprint density at radius 3 is 2.38 bits per heavy atom. The van der Waals surface area contributed by atoms with Gasteiger partial charge in [-0.25, -0.2) is 0 Å². The lowest BCUT2D eigenvalue weighted by atomic mass is 9.85. The lowest BCUT2D eigenvalue weighted by Gasteiger charge is -2.34. The summed E-state index contributed by atoms with van der Waals surface area (Å²) in [6.45, 7) is 5.56. The minimum absolute atomic E-state index is 0.294. The number of piperidine rings is 1. The summed E-state index contributed by atoms with van der Waals surface area (Å²) in [5.74, 6) is -1.07.